The van der Waals surface area contributed by atoms with E-state index in [1.807, 2.05) is 13.8 Å². The predicted molar refractivity (Wildman–Crippen MR) is 54.9 cm³/mol. The van der Waals surface area contributed by atoms with E-state index in [-0.39, 0.29) is 22.3 Å². The molecule has 0 fully saturated rings. The molecule has 0 aliphatic rings. The second-order valence-corrected chi connectivity index (χ2v) is 3.86. The molecule has 0 radical (unpaired) electrons. The molecule has 0 saturated carbocycles. The van der Waals surface area contributed by atoms with E-state index in [0.29, 0.717) is 0 Å². The molecular formula is C10H12ClF2N. The fourth-order valence-corrected chi connectivity index (χ4v) is 1.29. The van der Waals surface area contributed by atoms with Gasteiger partial charge in [-0.3, -0.25) is 0 Å². The molecule has 4 heteroatoms. The van der Waals surface area contributed by atoms with Gasteiger partial charge in [0, 0.05) is 16.6 Å². The minimum absolute atomic E-state index is 0.0282. The highest BCUT2D eigenvalue weighted by Gasteiger charge is 2.15. The highest BCUT2D eigenvalue weighted by Crippen LogP contribution is 2.28. The largest absolute Gasteiger partial charge is 0.378 e. The van der Waals surface area contributed by atoms with Crippen LogP contribution in [0, 0.1) is 18.6 Å². The summed E-state index contributed by atoms with van der Waals surface area (Å²) in [4.78, 5) is 0. The van der Waals surface area contributed by atoms with Crippen LogP contribution in [0.15, 0.2) is 6.07 Å². The predicted octanol–water partition coefficient (Wildman–Crippen LogP) is 3.75. The van der Waals surface area contributed by atoms with Crippen LogP contribution < -0.4 is 5.32 Å². The van der Waals surface area contributed by atoms with Crippen LogP contribution in [0.5, 0.6) is 0 Å². The molecule has 1 aromatic rings. The highest BCUT2D eigenvalue weighted by molar-refractivity contribution is 6.31. The summed E-state index contributed by atoms with van der Waals surface area (Å²) in [6, 6.07) is 1.09. The van der Waals surface area contributed by atoms with Gasteiger partial charge in [0.1, 0.15) is 5.69 Å². The zero-order valence-electron chi connectivity index (χ0n) is 8.29. The normalized spacial score (nSPS) is 10.8. The zero-order chi connectivity index (χ0) is 10.9. The van der Waals surface area contributed by atoms with Crippen molar-refractivity contribution in [1.29, 1.82) is 0 Å². The fraction of sp³-hybridized carbons (Fsp3) is 0.400. The summed E-state index contributed by atoms with van der Waals surface area (Å²) in [7, 11) is 0. The molecule has 78 valence electrons. The molecule has 0 saturated heterocycles. The number of benzene rings is 1. The third kappa shape index (κ3) is 2.15. The van der Waals surface area contributed by atoms with Gasteiger partial charge in [0.2, 0.25) is 0 Å². The van der Waals surface area contributed by atoms with E-state index in [1.54, 1.807) is 0 Å². The maximum absolute atomic E-state index is 13.5. The summed E-state index contributed by atoms with van der Waals surface area (Å²) in [5.41, 5.74) is 0.151. The number of halogens is 3. The fourth-order valence-electron chi connectivity index (χ4n) is 1.11. The Labute approximate surface area is 87.1 Å². The van der Waals surface area contributed by atoms with E-state index in [0.717, 1.165) is 6.07 Å². The van der Waals surface area contributed by atoms with E-state index in [4.69, 9.17) is 11.6 Å². The van der Waals surface area contributed by atoms with Crippen LogP contribution in [0.4, 0.5) is 14.5 Å². The minimum atomic E-state index is -0.660. The van der Waals surface area contributed by atoms with Gasteiger partial charge in [-0.25, -0.2) is 8.78 Å². The Kier molecular flexibility index (Phi) is 3.32. The lowest BCUT2D eigenvalue weighted by Crippen LogP contribution is -2.13. The van der Waals surface area contributed by atoms with E-state index < -0.39 is 11.6 Å². The van der Waals surface area contributed by atoms with Crippen LogP contribution in [0.25, 0.3) is 0 Å². The van der Waals surface area contributed by atoms with Gasteiger partial charge >= 0.3 is 0 Å². The summed E-state index contributed by atoms with van der Waals surface area (Å²) in [6.07, 6.45) is 0. The molecule has 0 aromatic heterocycles. The average Bonchev–Trinajstić information content (AvgIpc) is 2.09. The maximum Gasteiger partial charge on any atom is 0.153 e. The first-order chi connectivity index (χ1) is 6.43. The van der Waals surface area contributed by atoms with Crippen LogP contribution in [0.2, 0.25) is 5.02 Å². The smallest absolute Gasteiger partial charge is 0.153 e. The second kappa shape index (κ2) is 4.13. The van der Waals surface area contributed by atoms with Gasteiger partial charge in [0.25, 0.3) is 0 Å². The SMILES string of the molecule is Cc1c(Cl)cc(F)c(NC(C)C)c1F. The molecule has 0 heterocycles. The number of hydrogen-bond donors (Lipinski definition) is 1. The van der Waals surface area contributed by atoms with E-state index in [1.165, 1.54) is 6.92 Å². The number of anilines is 1. The van der Waals surface area contributed by atoms with Gasteiger partial charge in [-0.15, -0.1) is 0 Å². The van der Waals surface area contributed by atoms with Crippen molar-refractivity contribution in [2.45, 2.75) is 26.8 Å². The van der Waals surface area contributed by atoms with Gasteiger partial charge < -0.3 is 5.32 Å². The minimum Gasteiger partial charge on any atom is -0.378 e. The molecule has 0 spiro atoms. The molecule has 0 unspecified atom stereocenters. The van der Waals surface area contributed by atoms with Crippen molar-refractivity contribution in [2.75, 3.05) is 5.32 Å². The van der Waals surface area contributed by atoms with Crippen LogP contribution in [-0.4, -0.2) is 6.04 Å². The van der Waals surface area contributed by atoms with E-state index in [2.05, 4.69) is 5.32 Å². The van der Waals surface area contributed by atoms with Crippen molar-refractivity contribution in [1.82, 2.24) is 0 Å². The first-order valence-electron chi connectivity index (χ1n) is 4.34. The van der Waals surface area contributed by atoms with Crippen molar-refractivity contribution in [3.05, 3.63) is 28.3 Å². The highest BCUT2D eigenvalue weighted by atomic mass is 35.5. The molecule has 0 bridgehead atoms. The monoisotopic (exact) mass is 219 g/mol. The second-order valence-electron chi connectivity index (χ2n) is 3.45. The van der Waals surface area contributed by atoms with Gasteiger partial charge in [0.05, 0.1) is 0 Å². The average molecular weight is 220 g/mol. The van der Waals surface area contributed by atoms with Crippen molar-refractivity contribution < 1.29 is 8.78 Å². The summed E-state index contributed by atoms with van der Waals surface area (Å²) in [5, 5.41) is 2.81. The summed E-state index contributed by atoms with van der Waals surface area (Å²) in [5.74, 6) is -1.28. The Bertz CT molecular complexity index is 350. The first-order valence-corrected chi connectivity index (χ1v) is 4.72. The van der Waals surface area contributed by atoms with Crippen molar-refractivity contribution >= 4 is 17.3 Å². The molecule has 14 heavy (non-hydrogen) atoms. The third-order valence-corrected chi connectivity index (χ3v) is 2.22. The third-order valence-electron chi connectivity index (χ3n) is 1.83. The van der Waals surface area contributed by atoms with Crippen molar-refractivity contribution in [2.24, 2.45) is 0 Å². The number of hydrogen-bond acceptors (Lipinski definition) is 1. The Hall–Kier alpha value is -0.830. The van der Waals surface area contributed by atoms with Gasteiger partial charge in [-0.2, -0.15) is 0 Å². The van der Waals surface area contributed by atoms with Crippen molar-refractivity contribution in [3.8, 4) is 0 Å². The van der Waals surface area contributed by atoms with E-state index >= 15 is 0 Å². The molecule has 1 nitrogen and oxygen atoms in total. The molecule has 1 rings (SSSR count). The molecule has 0 aliphatic carbocycles. The molecule has 0 aliphatic heterocycles. The van der Waals surface area contributed by atoms with Crippen LogP contribution in [-0.2, 0) is 0 Å². The Morgan fingerprint density at radius 3 is 2.43 bits per heavy atom. The summed E-state index contributed by atoms with van der Waals surface area (Å²) >= 11 is 5.62. The molecule has 0 amide bonds. The Balaban J connectivity index is 3.22. The Morgan fingerprint density at radius 2 is 1.93 bits per heavy atom. The van der Waals surface area contributed by atoms with Crippen LogP contribution in [0.3, 0.4) is 0 Å². The lowest BCUT2D eigenvalue weighted by atomic mass is 10.2. The van der Waals surface area contributed by atoms with Crippen molar-refractivity contribution in [3.63, 3.8) is 0 Å². The van der Waals surface area contributed by atoms with Gasteiger partial charge in [0.15, 0.2) is 11.6 Å². The first kappa shape index (κ1) is 11.2. The zero-order valence-corrected chi connectivity index (χ0v) is 9.04. The standard InChI is InChI=1S/C10H12ClF2N/c1-5(2)14-10-8(12)4-7(11)6(3)9(10)13/h4-5,14H,1-3H3. The summed E-state index contributed by atoms with van der Waals surface area (Å²) in [6.45, 7) is 5.13. The topological polar surface area (TPSA) is 12.0 Å². The van der Waals surface area contributed by atoms with E-state index in [9.17, 15) is 8.78 Å². The lowest BCUT2D eigenvalue weighted by Gasteiger charge is -2.13. The molecule has 0 atom stereocenters. The Morgan fingerprint density at radius 1 is 1.36 bits per heavy atom. The van der Waals surface area contributed by atoms with Crippen LogP contribution in [0.1, 0.15) is 19.4 Å². The molecular weight excluding hydrogens is 208 g/mol. The lowest BCUT2D eigenvalue weighted by molar-refractivity contribution is 0.579. The van der Waals surface area contributed by atoms with Gasteiger partial charge in [-0.05, 0) is 26.8 Å². The van der Waals surface area contributed by atoms with Gasteiger partial charge in [-0.1, -0.05) is 11.6 Å². The maximum atomic E-state index is 13.5. The van der Waals surface area contributed by atoms with Crippen LogP contribution >= 0.6 is 11.6 Å². The molecule has 1 N–H and O–H groups in total. The number of nitrogens with one attached hydrogen (secondary N) is 1. The quantitative estimate of drug-likeness (QED) is 0.799. The molecule has 1 aromatic carbocycles. The summed E-state index contributed by atoms with van der Waals surface area (Å²) < 4.78 is 26.8. The number of rotatable bonds is 2.